The van der Waals surface area contributed by atoms with Crippen LogP contribution in [0.3, 0.4) is 0 Å². The third-order valence-electron chi connectivity index (χ3n) is 5.10. The number of alkyl halides is 2. The SMILES string of the molecule is Cc1cc(C#N)nc(N2CCCC(F)(F)CC2)c1C(=O)Nc1cccc([S@](C)(=N)=O)c1. The molecular formula is C21H23F2N5O2S. The Hall–Kier alpha value is -3.06. The molecule has 2 aromatic rings. The van der Waals surface area contributed by atoms with Gasteiger partial charge in [0, 0.05) is 42.8 Å². The Balaban J connectivity index is 1.99. The van der Waals surface area contributed by atoms with E-state index in [0.717, 1.165) is 0 Å². The van der Waals surface area contributed by atoms with Crippen molar-refractivity contribution in [1.29, 1.82) is 10.0 Å². The van der Waals surface area contributed by atoms with Crippen molar-refractivity contribution >= 4 is 27.1 Å². The number of aryl methyl sites for hydroxylation is 1. The van der Waals surface area contributed by atoms with Crippen LogP contribution >= 0.6 is 0 Å². The highest BCUT2D eigenvalue weighted by molar-refractivity contribution is 7.91. The maximum atomic E-state index is 13.8. The lowest BCUT2D eigenvalue weighted by atomic mass is 10.1. The molecule has 0 unspecified atom stereocenters. The Labute approximate surface area is 180 Å². The first-order chi connectivity index (χ1) is 14.5. The van der Waals surface area contributed by atoms with E-state index in [1.807, 2.05) is 6.07 Å². The quantitative estimate of drug-likeness (QED) is 0.731. The van der Waals surface area contributed by atoms with Crippen LogP contribution in [-0.2, 0) is 9.73 Å². The van der Waals surface area contributed by atoms with Gasteiger partial charge in [0.05, 0.1) is 15.3 Å². The summed E-state index contributed by atoms with van der Waals surface area (Å²) in [5, 5.41) is 12.0. The van der Waals surface area contributed by atoms with Gasteiger partial charge in [0.2, 0.25) is 5.92 Å². The van der Waals surface area contributed by atoms with Crippen LogP contribution in [0, 0.1) is 23.0 Å². The summed E-state index contributed by atoms with van der Waals surface area (Å²) in [6, 6.07) is 9.62. The maximum Gasteiger partial charge on any atom is 0.259 e. The number of pyridine rings is 1. The molecule has 0 bridgehead atoms. The molecular weight excluding hydrogens is 424 g/mol. The predicted octanol–water partition coefficient (Wildman–Crippen LogP) is 4.18. The summed E-state index contributed by atoms with van der Waals surface area (Å²) in [7, 11) is -2.96. The molecule has 1 aromatic carbocycles. The van der Waals surface area contributed by atoms with Gasteiger partial charge in [-0.2, -0.15) is 5.26 Å². The molecule has 3 rings (SSSR count). The largest absolute Gasteiger partial charge is 0.356 e. The number of rotatable bonds is 4. The molecule has 0 spiro atoms. The van der Waals surface area contributed by atoms with Crippen LogP contribution in [0.2, 0.25) is 0 Å². The number of nitrogens with one attached hydrogen (secondary N) is 2. The molecule has 1 aromatic heterocycles. The van der Waals surface area contributed by atoms with Crippen molar-refractivity contribution in [1.82, 2.24) is 4.98 Å². The summed E-state index contributed by atoms with van der Waals surface area (Å²) in [5.41, 5.74) is 1.13. The summed E-state index contributed by atoms with van der Waals surface area (Å²) >= 11 is 0. The first-order valence-electron chi connectivity index (χ1n) is 9.70. The second-order valence-electron chi connectivity index (χ2n) is 7.66. The van der Waals surface area contributed by atoms with E-state index in [9.17, 15) is 23.0 Å². The van der Waals surface area contributed by atoms with Gasteiger partial charge in [-0.25, -0.2) is 22.8 Å². The van der Waals surface area contributed by atoms with Crippen molar-refractivity contribution in [3.8, 4) is 6.07 Å². The Kier molecular flexibility index (Phi) is 6.27. The molecule has 31 heavy (non-hydrogen) atoms. The number of amides is 1. The van der Waals surface area contributed by atoms with Crippen LogP contribution in [0.1, 0.15) is 40.9 Å². The zero-order chi connectivity index (χ0) is 22.8. The first-order valence-corrected chi connectivity index (χ1v) is 11.7. The lowest BCUT2D eigenvalue weighted by Gasteiger charge is -2.25. The van der Waals surface area contributed by atoms with Gasteiger partial charge in [-0.3, -0.25) is 4.79 Å². The molecule has 1 saturated heterocycles. The van der Waals surface area contributed by atoms with Crippen molar-refractivity contribution < 1.29 is 17.8 Å². The molecule has 0 radical (unpaired) electrons. The van der Waals surface area contributed by atoms with Gasteiger partial charge in [-0.05, 0) is 43.2 Å². The van der Waals surface area contributed by atoms with E-state index in [2.05, 4.69) is 10.3 Å². The fourth-order valence-electron chi connectivity index (χ4n) is 3.51. The molecule has 1 fully saturated rings. The fraction of sp³-hybridized carbons (Fsp3) is 0.381. The van der Waals surface area contributed by atoms with E-state index in [-0.39, 0.29) is 47.8 Å². The number of hydrogen-bond acceptors (Lipinski definition) is 6. The zero-order valence-corrected chi connectivity index (χ0v) is 18.1. The molecule has 0 saturated carbocycles. The Morgan fingerprint density at radius 1 is 1.32 bits per heavy atom. The first kappa shape index (κ1) is 22.6. The van der Waals surface area contributed by atoms with Crippen molar-refractivity contribution in [3.05, 3.63) is 47.2 Å². The predicted molar refractivity (Wildman–Crippen MR) is 114 cm³/mol. The number of carbonyl (C=O) groups is 1. The van der Waals surface area contributed by atoms with Crippen molar-refractivity contribution in [3.63, 3.8) is 0 Å². The number of benzene rings is 1. The Morgan fingerprint density at radius 3 is 2.74 bits per heavy atom. The topological polar surface area (TPSA) is 110 Å². The monoisotopic (exact) mass is 447 g/mol. The minimum absolute atomic E-state index is 0.0147. The highest BCUT2D eigenvalue weighted by atomic mass is 32.2. The normalized spacial score (nSPS) is 17.8. The van der Waals surface area contributed by atoms with E-state index in [1.54, 1.807) is 30.0 Å². The minimum atomic E-state index is -2.96. The van der Waals surface area contributed by atoms with Gasteiger partial charge in [0.1, 0.15) is 17.6 Å². The Bertz CT molecular complexity index is 1160. The number of nitriles is 1. The average Bonchev–Trinajstić information content (AvgIpc) is 2.87. The molecule has 1 atom stereocenters. The molecule has 164 valence electrons. The maximum absolute atomic E-state index is 13.8. The van der Waals surface area contributed by atoms with Crippen molar-refractivity contribution in [2.45, 2.75) is 37.0 Å². The van der Waals surface area contributed by atoms with E-state index in [4.69, 9.17) is 4.78 Å². The van der Waals surface area contributed by atoms with Gasteiger partial charge in [0.25, 0.3) is 5.91 Å². The van der Waals surface area contributed by atoms with E-state index >= 15 is 0 Å². The lowest BCUT2D eigenvalue weighted by Crippen LogP contribution is -2.30. The molecule has 1 aliphatic rings. The summed E-state index contributed by atoms with van der Waals surface area (Å²) in [4.78, 5) is 19.3. The highest BCUT2D eigenvalue weighted by Gasteiger charge is 2.33. The van der Waals surface area contributed by atoms with E-state index < -0.39 is 21.6 Å². The van der Waals surface area contributed by atoms with E-state index in [1.165, 1.54) is 18.4 Å². The lowest BCUT2D eigenvalue weighted by molar-refractivity contribution is -0.0102. The van der Waals surface area contributed by atoms with Gasteiger partial charge >= 0.3 is 0 Å². The number of nitrogens with zero attached hydrogens (tertiary/aromatic N) is 3. The molecule has 2 heterocycles. The smallest absolute Gasteiger partial charge is 0.259 e. The number of hydrogen-bond donors (Lipinski definition) is 2. The average molecular weight is 448 g/mol. The molecule has 7 nitrogen and oxygen atoms in total. The van der Waals surface area contributed by atoms with Gasteiger partial charge < -0.3 is 10.2 Å². The minimum Gasteiger partial charge on any atom is -0.356 e. The van der Waals surface area contributed by atoms with Crippen molar-refractivity contribution in [2.24, 2.45) is 0 Å². The standard InChI is InChI=1S/C21H23F2N5O2S/c1-14-11-16(13-24)26-19(28-9-4-7-21(22,23)8-10-28)18(14)20(29)27-15-5-3-6-17(12-15)31(2,25)30/h3,5-6,11-12,25H,4,7-10H2,1-2H3,(H,27,29)/t31-/m1/s1. The van der Waals surface area contributed by atoms with Gasteiger partial charge in [0.15, 0.2) is 0 Å². The molecule has 1 aliphatic heterocycles. The van der Waals surface area contributed by atoms with Crippen molar-refractivity contribution in [2.75, 3.05) is 29.6 Å². The van der Waals surface area contributed by atoms with Crippen LogP contribution < -0.4 is 10.2 Å². The van der Waals surface area contributed by atoms with Crippen LogP contribution in [-0.4, -0.2) is 40.4 Å². The van der Waals surface area contributed by atoms with Crippen LogP contribution in [0.5, 0.6) is 0 Å². The Morgan fingerprint density at radius 2 is 2.06 bits per heavy atom. The molecule has 2 N–H and O–H groups in total. The van der Waals surface area contributed by atoms with Crippen LogP contribution in [0.15, 0.2) is 35.2 Å². The number of aromatic nitrogens is 1. The van der Waals surface area contributed by atoms with Crippen LogP contribution in [0.25, 0.3) is 0 Å². The molecule has 10 heteroatoms. The fourth-order valence-corrected chi connectivity index (χ4v) is 4.20. The second kappa shape index (κ2) is 8.59. The number of anilines is 2. The van der Waals surface area contributed by atoms with Gasteiger partial charge in [-0.15, -0.1) is 0 Å². The number of halogens is 2. The zero-order valence-electron chi connectivity index (χ0n) is 17.2. The second-order valence-corrected chi connectivity index (χ2v) is 9.82. The molecule has 1 amide bonds. The van der Waals surface area contributed by atoms with Gasteiger partial charge in [-0.1, -0.05) is 6.07 Å². The number of carbonyl (C=O) groups excluding carboxylic acids is 1. The van der Waals surface area contributed by atoms with Crippen LogP contribution in [0.4, 0.5) is 20.3 Å². The summed E-state index contributed by atoms with van der Waals surface area (Å²) in [6.07, 6.45) is 0.929. The van der Waals surface area contributed by atoms with E-state index in [0.29, 0.717) is 17.8 Å². The summed E-state index contributed by atoms with van der Waals surface area (Å²) in [5.74, 6) is -3.10. The summed E-state index contributed by atoms with van der Waals surface area (Å²) in [6.45, 7) is 1.97. The summed E-state index contributed by atoms with van der Waals surface area (Å²) < 4.78 is 47.4. The molecule has 0 aliphatic carbocycles. The third-order valence-corrected chi connectivity index (χ3v) is 6.25. The highest BCUT2D eigenvalue weighted by Crippen LogP contribution is 2.32. The third kappa shape index (κ3) is 5.35.